The lowest BCUT2D eigenvalue weighted by atomic mass is 9.81. The number of rotatable bonds is 2. The molecule has 0 bridgehead atoms. The molecule has 0 amide bonds. The maximum atomic E-state index is 6.30. The zero-order chi connectivity index (χ0) is 15.1. The van der Waals surface area contributed by atoms with Gasteiger partial charge in [-0.2, -0.15) is 0 Å². The highest BCUT2D eigenvalue weighted by Crippen LogP contribution is 2.37. The second kappa shape index (κ2) is 5.80. The molecule has 0 saturated carbocycles. The lowest BCUT2D eigenvalue weighted by Crippen LogP contribution is -2.66. The number of piperazine rings is 1. The molecule has 3 aliphatic rings. The van der Waals surface area contributed by atoms with E-state index in [9.17, 15) is 0 Å². The number of nitrogens with two attached hydrogens (primary N) is 1. The number of nitrogens with zero attached hydrogens (tertiary/aromatic N) is 3. The monoisotopic (exact) mass is 294 g/mol. The standard InChI is InChI=1S/C17H34N4/c1-16(2,3)20-9-11-21(12-10-20)17(14-18)6-8-19-7-4-5-15(19)13-17/h15H,4-14,18H2,1-3H3. The molecule has 3 saturated heterocycles. The molecule has 2 unspecified atom stereocenters. The molecule has 0 aromatic rings. The van der Waals surface area contributed by atoms with Crippen LogP contribution in [0.15, 0.2) is 0 Å². The van der Waals surface area contributed by atoms with E-state index >= 15 is 0 Å². The van der Waals surface area contributed by atoms with Crippen LogP contribution < -0.4 is 5.73 Å². The Bertz CT molecular complexity index is 356. The van der Waals surface area contributed by atoms with E-state index in [1.807, 2.05) is 0 Å². The van der Waals surface area contributed by atoms with Crippen LogP contribution in [0.5, 0.6) is 0 Å². The third-order valence-electron chi connectivity index (χ3n) is 6.26. The largest absolute Gasteiger partial charge is 0.329 e. The van der Waals surface area contributed by atoms with Crippen LogP contribution in [-0.4, -0.2) is 77.6 Å². The van der Waals surface area contributed by atoms with E-state index < -0.39 is 0 Å². The predicted molar refractivity (Wildman–Crippen MR) is 88.5 cm³/mol. The Balaban J connectivity index is 1.65. The van der Waals surface area contributed by atoms with Crippen molar-refractivity contribution >= 4 is 0 Å². The SMILES string of the molecule is CC(C)(C)N1CCN(C2(CN)CCN3CCCC3C2)CC1. The molecule has 3 aliphatic heterocycles. The van der Waals surface area contributed by atoms with Crippen molar-refractivity contribution in [2.24, 2.45) is 5.73 Å². The van der Waals surface area contributed by atoms with Crippen molar-refractivity contribution in [3.63, 3.8) is 0 Å². The summed E-state index contributed by atoms with van der Waals surface area (Å²) in [5, 5.41) is 0. The average molecular weight is 294 g/mol. The minimum Gasteiger partial charge on any atom is -0.329 e. The van der Waals surface area contributed by atoms with Crippen LogP contribution in [0, 0.1) is 0 Å². The molecule has 0 aliphatic carbocycles. The van der Waals surface area contributed by atoms with Crippen molar-refractivity contribution in [3.8, 4) is 0 Å². The molecule has 0 aromatic carbocycles. The van der Waals surface area contributed by atoms with E-state index in [1.54, 1.807) is 0 Å². The quantitative estimate of drug-likeness (QED) is 0.834. The zero-order valence-corrected chi connectivity index (χ0v) is 14.3. The Morgan fingerprint density at radius 2 is 1.76 bits per heavy atom. The molecule has 3 rings (SSSR count). The third-order valence-corrected chi connectivity index (χ3v) is 6.26. The molecule has 122 valence electrons. The summed E-state index contributed by atoms with van der Waals surface area (Å²) in [7, 11) is 0. The van der Waals surface area contributed by atoms with Crippen molar-refractivity contribution in [1.29, 1.82) is 0 Å². The summed E-state index contributed by atoms with van der Waals surface area (Å²) < 4.78 is 0. The molecule has 4 nitrogen and oxygen atoms in total. The van der Waals surface area contributed by atoms with Gasteiger partial charge in [-0.1, -0.05) is 0 Å². The smallest absolute Gasteiger partial charge is 0.0359 e. The Hall–Kier alpha value is -0.160. The first kappa shape index (κ1) is 15.7. The summed E-state index contributed by atoms with van der Waals surface area (Å²) in [5.41, 5.74) is 6.89. The molecular weight excluding hydrogens is 260 g/mol. The number of fused-ring (bicyclic) bond motifs is 1. The van der Waals surface area contributed by atoms with Gasteiger partial charge in [-0.15, -0.1) is 0 Å². The summed E-state index contributed by atoms with van der Waals surface area (Å²) in [6.45, 7) is 15.2. The number of hydrogen-bond donors (Lipinski definition) is 1. The molecule has 0 radical (unpaired) electrons. The maximum absolute atomic E-state index is 6.30. The van der Waals surface area contributed by atoms with Crippen LogP contribution in [0.1, 0.15) is 46.5 Å². The first-order chi connectivity index (χ1) is 9.94. The van der Waals surface area contributed by atoms with Gasteiger partial charge in [0.1, 0.15) is 0 Å². The van der Waals surface area contributed by atoms with Gasteiger partial charge in [-0.25, -0.2) is 0 Å². The van der Waals surface area contributed by atoms with Gasteiger partial charge in [0, 0.05) is 56.4 Å². The normalized spacial score (nSPS) is 36.9. The van der Waals surface area contributed by atoms with Crippen LogP contribution in [-0.2, 0) is 0 Å². The third kappa shape index (κ3) is 3.00. The molecule has 0 aromatic heterocycles. The summed E-state index contributed by atoms with van der Waals surface area (Å²) in [6.07, 6.45) is 5.36. The fourth-order valence-electron chi connectivity index (χ4n) is 4.77. The van der Waals surface area contributed by atoms with E-state index in [1.165, 1.54) is 65.0 Å². The molecular formula is C17H34N4. The van der Waals surface area contributed by atoms with E-state index in [0.29, 0.717) is 5.54 Å². The van der Waals surface area contributed by atoms with Gasteiger partial charge in [0.15, 0.2) is 0 Å². The summed E-state index contributed by atoms with van der Waals surface area (Å²) in [4.78, 5) is 8.07. The van der Waals surface area contributed by atoms with Crippen LogP contribution >= 0.6 is 0 Å². The molecule has 3 fully saturated rings. The lowest BCUT2D eigenvalue weighted by molar-refractivity contribution is -0.0337. The minimum atomic E-state index is 0.287. The van der Waals surface area contributed by atoms with Gasteiger partial charge in [0.2, 0.25) is 0 Å². The molecule has 0 spiro atoms. The van der Waals surface area contributed by atoms with Gasteiger partial charge in [0.05, 0.1) is 0 Å². The predicted octanol–water partition coefficient (Wildman–Crippen LogP) is 1.36. The van der Waals surface area contributed by atoms with Gasteiger partial charge >= 0.3 is 0 Å². The van der Waals surface area contributed by atoms with E-state index in [4.69, 9.17) is 5.73 Å². The van der Waals surface area contributed by atoms with Crippen molar-refractivity contribution < 1.29 is 0 Å². The second-order valence-corrected chi connectivity index (χ2v) is 8.36. The van der Waals surface area contributed by atoms with Crippen molar-refractivity contribution in [1.82, 2.24) is 14.7 Å². The molecule has 21 heavy (non-hydrogen) atoms. The van der Waals surface area contributed by atoms with E-state index in [0.717, 1.165) is 12.6 Å². The van der Waals surface area contributed by atoms with Crippen molar-refractivity contribution in [2.75, 3.05) is 45.8 Å². The van der Waals surface area contributed by atoms with Crippen molar-refractivity contribution in [2.45, 2.75) is 63.6 Å². The molecule has 4 heteroatoms. The van der Waals surface area contributed by atoms with Gasteiger partial charge < -0.3 is 10.6 Å². The van der Waals surface area contributed by atoms with Crippen LogP contribution in [0.2, 0.25) is 0 Å². The van der Waals surface area contributed by atoms with Crippen molar-refractivity contribution in [3.05, 3.63) is 0 Å². The molecule has 3 heterocycles. The number of piperidine rings is 1. The zero-order valence-electron chi connectivity index (χ0n) is 14.3. The minimum absolute atomic E-state index is 0.287. The Morgan fingerprint density at radius 3 is 2.38 bits per heavy atom. The Labute approximate surface area is 130 Å². The highest BCUT2D eigenvalue weighted by molar-refractivity contribution is 5.03. The van der Waals surface area contributed by atoms with E-state index in [-0.39, 0.29) is 5.54 Å². The highest BCUT2D eigenvalue weighted by Gasteiger charge is 2.45. The molecule has 2 N–H and O–H groups in total. The van der Waals surface area contributed by atoms with Crippen LogP contribution in [0.3, 0.4) is 0 Å². The fraction of sp³-hybridized carbons (Fsp3) is 1.00. The van der Waals surface area contributed by atoms with Gasteiger partial charge in [-0.05, 0) is 53.0 Å². The van der Waals surface area contributed by atoms with Gasteiger partial charge in [0.25, 0.3) is 0 Å². The first-order valence-corrected chi connectivity index (χ1v) is 8.89. The summed E-state index contributed by atoms with van der Waals surface area (Å²) >= 11 is 0. The second-order valence-electron chi connectivity index (χ2n) is 8.36. The van der Waals surface area contributed by atoms with Crippen LogP contribution in [0.4, 0.5) is 0 Å². The lowest BCUT2D eigenvalue weighted by Gasteiger charge is -2.53. The Kier molecular flexibility index (Phi) is 4.34. The topological polar surface area (TPSA) is 35.7 Å². The highest BCUT2D eigenvalue weighted by atomic mass is 15.3. The average Bonchev–Trinajstić information content (AvgIpc) is 2.93. The molecule has 2 atom stereocenters. The Morgan fingerprint density at radius 1 is 1.05 bits per heavy atom. The summed E-state index contributed by atoms with van der Waals surface area (Å²) in [6, 6.07) is 0.808. The van der Waals surface area contributed by atoms with Gasteiger partial charge in [-0.3, -0.25) is 9.80 Å². The summed E-state index contributed by atoms with van der Waals surface area (Å²) in [5.74, 6) is 0. The first-order valence-electron chi connectivity index (χ1n) is 8.89. The van der Waals surface area contributed by atoms with Crippen LogP contribution in [0.25, 0.3) is 0 Å². The number of hydrogen-bond acceptors (Lipinski definition) is 4. The van der Waals surface area contributed by atoms with E-state index in [2.05, 4.69) is 35.5 Å². The fourth-order valence-corrected chi connectivity index (χ4v) is 4.77. The maximum Gasteiger partial charge on any atom is 0.0359 e.